The molecule has 1 N–H and O–H groups in total. The van der Waals surface area contributed by atoms with Crippen LogP contribution in [0, 0.1) is 13.8 Å². The molecule has 0 spiro atoms. The highest BCUT2D eigenvalue weighted by Crippen LogP contribution is 2.32. The van der Waals surface area contributed by atoms with E-state index in [1.807, 2.05) is 18.2 Å². The zero-order chi connectivity index (χ0) is 31.8. The molecule has 4 aromatic carbocycles. The van der Waals surface area contributed by atoms with E-state index in [4.69, 9.17) is 4.74 Å². The van der Waals surface area contributed by atoms with E-state index in [9.17, 15) is 18.0 Å². The lowest BCUT2D eigenvalue weighted by Crippen LogP contribution is -2.30. The fourth-order valence-corrected chi connectivity index (χ4v) is 5.62. The average molecular weight is 613 g/mol. The SMILES string of the molecule is Cc1cc(C2=CCN(CCCCNC(=O)c3ccc(-c4ccc(C(F)(F)F)cc4)cc3)CC2)c(C)cc1OCc1ccccc1. The molecule has 1 aliphatic rings. The number of aryl methyl sites for hydroxylation is 2. The molecule has 0 aliphatic carbocycles. The Morgan fingerprint density at radius 3 is 2.20 bits per heavy atom. The van der Waals surface area contributed by atoms with E-state index in [-0.39, 0.29) is 5.91 Å². The summed E-state index contributed by atoms with van der Waals surface area (Å²) in [4.78, 5) is 15.0. The first-order valence-corrected chi connectivity index (χ1v) is 15.4. The van der Waals surface area contributed by atoms with Crippen molar-refractivity contribution < 1.29 is 22.7 Å². The van der Waals surface area contributed by atoms with Crippen molar-refractivity contribution in [1.82, 2.24) is 10.2 Å². The zero-order valence-electron chi connectivity index (χ0n) is 25.8. The van der Waals surface area contributed by atoms with E-state index >= 15 is 0 Å². The topological polar surface area (TPSA) is 41.6 Å². The number of alkyl halides is 3. The number of hydrogen-bond acceptors (Lipinski definition) is 3. The normalized spacial score (nSPS) is 13.8. The summed E-state index contributed by atoms with van der Waals surface area (Å²) in [5, 5.41) is 2.98. The van der Waals surface area contributed by atoms with Crippen LogP contribution in [0.2, 0.25) is 0 Å². The van der Waals surface area contributed by atoms with Crippen LogP contribution >= 0.6 is 0 Å². The molecular formula is C38H39F3N2O2. The number of hydrogen-bond donors (Lipinski definition) is 1. The van der Waals surface area contributed by atoms with E-state index < -0.39 is 11.7 Å². The molecule has 0 radical (unpaired) electrons. The van der Waals surface area contributed by atoms with Crippen LogP contribution < -0.4 is 10.1 Å². The van der Waals surface area contributed by atoms with Crippen molar-refractivity contribution in [3.63, 3.8) is 0 Å². The quantitative estimate of drug-likeness (QED) is 0.172. The first-order valence-electron chi connectivity index (χ1n) is 15.4. The summed E-state index contributed by atoms with van der Waals surface area (Å²) >= 11 is 0. The Kier molecular flexibility index (Phi) is 10.4. The summed E-state index contributed by atoms with van der Waals surface area (Å²) in [6, 6.07) is 26.6. The first-order chi connectivity index (χ1) is 21.7. The fourth-order valence-electron chi connectivity index (χ4n) is 5.62. The van der Waals surface area contributed by atoms with Crippen molar-refractivity contribution >= 4 is 11.5 Å². The fraction of sp³-hybridized carbons (Fsp3) is 0.289. The summed E-state index contributed by atoms with van der Waals surface area (Å²) in [5.74, 6) is 0.780. The van der Waals surface area contributed by atoms with Gasteiger partial charge in [0.25, 0.3) is 5.91 Å². The predicted molar refractivity (Wildman–Crippen MR) is 174 cm³/mol. The number of carbonyl (C=O) groups is 1. The van der Waals surface area contributed by atoms with Crippen molar-refractivity contribution in [3.8, 4) is 16.9 Å². The van der Waals surface area contributed by atoms with Crippen molar-refractivity contribution in [2.45, 2.75) is 45.9 Å². The van der Waals surface area contributed by atoms with Crippen molar-refractivity contribution in [3.05, 3.63) is 130 Å². The van der Waals surface area contributed by atoms with Gasteiger partial charge in [-0.05, 0) is 115 Å². The predicted octanol–water partition coefficient (Wildman–Crippen LogP) is 8.87. The molecule has 45 heavy (non-hydrogen) atoms. The van der Waals surface area contributed by atoms with Crippen molar-refractivity contribution in [2.24, 2.45) is 0 Å². The molecule has 7 heteroatoms. The van der Waals surface area contributed by atoms with Crippen LogP contribution in [0.4, 0.5) is 13.2 Å². The van der Waals surface area contributed by atoms with E-state index in [1.165, 1.54) is 28.8 Å². The van der Waals surface area contributed by atoms with Gasteiger partial charge in [0.1, 0.15) is 12.4 Å². The molecule has 0 saturated heterocycles. The third-order valence-electron chi connectivity index (χ3n) is 8.28. The lowest BCUT2D eigenvalue weighted by atomic mass is 9.93. The van der Waals surface area contributed by atoms with Crippen LogP contribution in [0.15, 0.2) is 97.1 Å². The number of halogens is 3. The average Bonchev–Trinajstić information content (AvgIpc) is 3.05. The lowest BCUT2D eigenvalue weighted by Gasteiger charge is -2.27. The van der Waals surface area contributed by atoms with Gasteiger partial charge in [-0.15, -0.1) is 0 Å². The van der Waals surface area contributed by atoms with E-state index in [1.54, 1.807) is 24.3 Å². The molecule has 1 aliphatic heterocycles. The Balaban J connectivity index is 1.03. The summed E-state index contributed by atoms with van der Waals surface area (Å²) in [5.41, 5.74) is 7.49. The number of nitrogens with zero attached hydrogens (tertiary/aromatic N) is 1. The van der Waals surface area contributed by atoms with Gasteiger partial charge in [0.15, 0.2) is 0 Å². The highest BCUT2D eigenvalue weighted by Gasteiger charge is 2.30. The summed E-state index contributed by atoms with van der Waals surface area (Å²) in [6.07, 6.45) is 0.850. The molecule has 0 aromatic heterocycles. The molecule has 4 nitrogen and oxygen atoms in total. The maximum absolute atomic E-state index is 12.8. The largest absolute Gasteiger partial charge is 0.489 e. The van der Waals surface area contributed by atoms with Crippen LogP contribution in [0.3, 0.4) is 0 Å². The van der Waals surface area contributed by atoms with Gasteiger partial charge in [-0.3, -0.25) is 9.69 Å². The van der Waals surface area contributed by atoms with Crippen molar-refractivity contribution in [2.75, 3.05) is 26.2 Å². The van der Waals surface area contributed by atoms with Crippen LogP contribution in [-0.2, 0) is 12.8 Å². The van der Waals surface area contributed by atoms with Gasteiger partial charge >= 0.3 is 6.18 Å². The highest BCUT2D eigenvalue weighted by atomic mass is 19.4. The number of carbonyl (C=O) groups excluding carboxylic acids is 1. The number of ether oxygens (including phenoxy) is 1. The van der Waals surface area contributed by atoms with Crippen LogP contribution in [0.5, 0.6) is 5.75 Å². The Morgan fingerprint density at radius 1 is 0.867 bits per heavy atom. The van der Waals surface area contributed by atoms with E-state index in [0.29, 0.717) is 24.3 Å². The molecule has 0 saturated carbocycles. The number of benzene rings is 4. The number of amides is 1. The molecule has 0 bridgehead atoms. The van der Waals surface area contributed by atoms with Crippen LogP contribution in [0.25, 0.3) is 16.7 Å². The van der Waals surface area contributed by atoms with Gasteiger partial charge in [-0.1, -0.05) is 60.7 Å². The minimum atomic E-state index is -4.36. The summed E-state index contributed by atoms with van der Waals surface area (Å²) in [6.45, 7) is 8.31. The minimum Gasteiger partial charge on any atom is -0.489 e. The second-order valence-electron chi connectivity index (χ2n) is 11.6. The minimum absolute atomic E-state index is 0.151. The molecular weight excluding hydrogens is 573 g/mol. The second kappa shape index (κ2) is 14.6. The smallest absolute Gasteiger partial charge is 0.416 e. The monoisotopic (exact) mass is 612 g/mol. The Bertz CT molecular complexity index is 1610. The van der Waals surface area contributed by atoms with Gasteiger partial charge in [-0.2, -0.15) is 13.2 Å². The molecule has 0 fully saturated rings. The van der Waals surface area contributed by atoms with Gasteiger partial charge in [0, 0.05) is 25.2 Å². The standard InChI is InChI=1S/C38H39F3N2O2/c1-27-25-36(45-26-29-8-4-3-5-9-29)28(2)24-35(27)32-18-22-43(23-19-32)21-7-6-20-42-37(44)33-12-10-30(11-13-33)31-14-16-34(17-15-31)38(39,40)41/h3-5,8-18,24-25H,6-7,19-23,26H2,1-2H3,(H,42,44). The lowest BCUT2D eigenvalue weighted by molar-refractivity contribution is -0.137. The molecule has 5 rings (SSSR count). The molecule has 0 unspecified atom stereocenters. The molecule has 4 aromatic rings. The molecule has 0 atom stereocenters. The molecule has 234 valence electrons. The zero-order valence-corrected chi connectivity index (χ0v) is 25.8. The maximum atomic E-state index is 12.8. The van der Waals surface area contributed by atoms with E-state index in [0.717, 1.165) is 73.5 Å². The van der Waals surface area contributed by atoms with Gasteiger partial charge in [-0.25, -0.2) is 0 Å². The van der Waals surface area contributed by atoms with E-state index in [2.05, 4.69) is 54.4 Å². The Hall–Kier alpha value is -4.36. The first kappa shape index (κ1) is 32.0. The van der Waals surface area contributed by atoms with Gasteiger partial charge in [0.2, 0.25) is 0 Å². The third-order valence-corrected chi connectivity index (χ3v) is 8.28. The second-order valence-corrected chi connectivity index (χ2v) is 11.6. The maximum Gasteiger partial charge on any atom is 0.416 e. The number of nitrogens with one attached hydrogen (secondary N) is 1. The summed E-state index contributed by atoms with van der Waals surface area (Å²) in [7, 11) is 0. The molecule has 1 amide bonds. The number of rotatable bonds is 11. The van der Waals surface area contributed by atoms with Crippen LogP contribution in [0.1, 0.15) is 57.4 Å². The molecule has 1 heterocycles. The third kappa shape index (κ3) is 8.64. The highest BCUT2D eigenvalue weighted by molar-refractivity contribution is 5.94. The Morgan fingerprint density at radius 2 is 1.56 bits per heavy atom. The number of unbranched alkanes of at least 4 members (excludes halogenated alkanes) is 1. The Labute approximate surface area is 263 Å². The van der Waals surface area contributed by atoms with Crippen LogP contribution in [-0.4, -0.2) is 37.0 Å². The van der Waals surface area contributed by atoms with Gasteiger partial charge < -0.3 is 10.1 Å². The van der Waals surface area contributed by atoms with Crippen molar-refractivity contribution in [1.29, 1.82) is 0 Å². The summed E-state index contributed by atoms with van der Waals surface area (Å²) < 4.78 is 44.6. The van der Waals surface area contributed by atoms with Gasteiger partial charge in [0.05, 0.1) is 5.56 Å².